The number of amides is 1. The summed E-state index contributed by atoms with van der Waals surface area (Å²) in [4.78, 5) is 18.0. The minimum absolute atomic E-state index is 0.129. The minimum Gasteiger partial charge on any atom is -0.336 e. The minimum atomic E-state index is -0.129. The quantitative estimate of drug-likeness (QED) is 0.600. The fourth-order valence-electron chi connectivity index (χ4n) is 3.76. The lowest BCUT2D eigenvalue weighted by Crippen LogP contribution is -2.17. The first-order valence-electron chi connectivity index (χ1n) is 10.1. The van der Waals surface area contributed by atoms with Crippen LogP contribution in [-0.4, -0.2) is 16.0 Å². The van der Waals surface area contributed by atoms with Gasteiger partial charge in [-0.15, -0.1) is 0 Å². The van der Waals surface area contributed by atoms with Crippen molar-refractivity contribution in [2.24, 2.45) is 0 Å². The van der Waals surface area contributed by atoms with Gasteiger partial charge in [-0.05, 0) is 48.8 Å². The van der Waals surface area contributed by atoms with Crippen LogP contribution in [0.3, 0.4) is 0 Å². The Balaban J connectivity index is 1.81. The number of aryl methyl sites for hydroxylation is 1. The van der Waals surface area contributed by atoms with Gasteiger partial charge < -0.3 is 9.84 Å². The highest BCUT2D eigenvalue weighted by atomic mass is 16.5. The van der Waals surface area contributed by atoms with Gasteiger partial charge in [-0.25, -0.2) is 4.98 Å². The smallest absolute Gasteiger partial charge is 0.259 e. The molecule has 1 N–H and O–H groups in total. The molecule has 5 heteroatoms. The van der Waals surface area contributed by atoms with Crippen molar-refractivity contribution in [3.8, 4) is 0 Å². The second kappa shape index (κ2) is 7.04. The number of nitrogens with zero attached hydrogens (tertiary/aromatic N) is 2. The molecule has 4 rings (SSSR count). The lowest BCUT2D eigenvalue weighted by molar-refractivity contribution is 0.102. The normalized spacial score (nSPS) is 14.2. The van der Waals surface area contributed by atoms with Crippen LogP contribution in [0.2, 0.25) is 0 Å². The Morgan fingerprint density at radius 1 is 1.14 bits per heavy atom. The van der Waals surface area contributed by atoms with Crippen LogP contribution in [0, 0.1) is 6.92 Å². The first-order chi connectivity index (χ1) is 13.4. The number of hydrogen-bond acceptors (Lipinski definition) is 4. The molecule has 0 radical (unpaired) electrons. The van der Waals surface area contributed by atoms with E-state index < -0.39 is 0 Å². The first kappa shape index (κ1) is 18.7. The zero-order valence-corrected chi connectivity index (χ0v) is 17.2. The highest BCUT2D eigenvalue weighted by Gasteiger charge is 2.29. The monoisotopic (exact) mass is 377 g/mol. The van der Waals surface area contributed by atoms with Crippen molar-refractivity contribution in [1.82, 2.24) is 10.1 Å². The maximum atomic E-state index is 13.4. The molecule has 3 aromatic rings. The number of carbonyl (C=O) groups is 1. The number of anilines is 1. The van der Waals surface area contributed by atoms with Gasteiger partial charge in [0, 0.05) is 17.3 Å². The fourth-order valence-corrected chi connectivity index (χ4v) is 3.76. The summed E-state index contributed by atoms with van der Waals surface area (Å²) >= 11 is 0. The molecule has 0 spiro atoms. The Bertz CT molecular complexity index is 1020. The molecule has 1 aliphatic carbocycles. The number of carbonyl (C=O) groups excluding carboxylic acids is 1. The molecule has 5 nitrogen and oxygen atoms in total. The maximum absolute atomic E-state index is 13.4. The van der Waals surface area contributed by atoms with Crippen LogP contribution < -0.4 is 5.32 Å². The zero-order chi connectivity index (χ0) is 20.0. The molecular formula is C23H27N3O2. The SMILES string of the molecule is Cc1noc2nc(C3CC3)cc(C(=O)Nc3c(C(C)C)cccc3C(C)C)c12. The number of para-hydroxylation sites is 1. The van der Waals surface area contributed by atoms with Crippen molar-refractivity contribution >= 4 is 22.7 Å². The topological polar surface area (TPSA) is 68.0 Å². The molecule has 2 heterocycles. The summed E-state index contributed by atoms with van der Waals surface area (Å²) in [5.41, 5.74) is 5.88. The average Bonchev–Trinajstić information content (AvgIpc) is 3.44. The van der Waals surface area contributed by atoms with Crippen LogP contribution in [0.15, 0.2) is 28.8 Å². The van der Waals surface area contributed by atoms with Crippen LogP contribution in [0.4, 0.5) is 5.69 Å². The van der Waals surface area contributed by atoms with Crippen LogP contribution in [0.25, 0.3) is 11.1 Å². The lowest BCUT2D eigenvalue weighted by atomic mass is 9.92. The van der Waals surface area contributed by atoms with E-state index in [0.717, 1.165) is 35.3 Å². The zero-order valence-electron chi connectivity index (χ0n) is 17.2. The van der Waals surface area contributed by atoms with Gasteiger partial charge >= 0.3 is 0 Å². The summed E-state index contributed by atoms with van der Waals surface area (Å²) in [5, 5.41) is 7.96. The molecule has 146 valence electrons. The molecule has 0 saturated heterocycles. The third-order valence-electron chi connectivity index (χ3n) is 5.49. The van der Waals surface area contributed by atoms with Crippen molar-refractivity contribution in [3.63, 3.8) is 0 Å². The summed E-state index contributed by atoms with van der Waals surface area (Å²) in [6, 6.07) is 8.18. The predicted octanol–water partition coefficient (Wildman–Crippen LogP) is 5.91. The Morgan fingerprint density at radius 2 is 1.79 bits per heavy atom. The Kier molecular flexibility index (Phi) is 4.69. The van der Waals surface area contributed by atoms with E-state index in [0.29, 0.717) is 40.1 Å². The fraction of sp³-hybridized carbons (Fsp3) is 0.435. The number of benzene rings is 1. The van der Waals surface area contributed by atoms with Gasteiger partial charge in [0.1, 0.15) is 0 Å². The Labute approximate surface area is 165 Å². The average molecular weight is 377 g/mol. The van der Waals surface area contributed by atoms with Crippen molar-refractivity contribution in [2.45, 2.75) is 65.2 Å². The third-order valence-corrected chi connectivity index (χ3v) is 5.49. The van der Waals surface area contributed by atoms with E-state index in [2.05, 4.69) is 61.4 Å². The molecule has 2 aromatic heterocycles. The molecular weight excluding hydrogens is 350 g/mol. The summed E-state index contributed by atoms with van der Waals surface area (Å²) in [6.07, 6.45) is 2.22. The van der Waals surface area contributed by atoms with Crippen LogP contribution in [-0.2, 0) is 0 Å². The Morgan fingerprint density at radius 3 is 2.36 bits per heavy atom. The molecule has 0 unspecified atom stereocenters. The molecule has 1 fully saturated rings. The van der Waals surface area contributed by atoms with E-state index in [9.17, 15) is 4.79 Å². The number of rotatable bonds is 5. The van der Waals surface area contributed by atoms with E-state index in [-0.39, 0.29) is 5.91 Å². The molecule has 1 aromatic carbocycles. The third kappa shape index (κ3) is 3.30. The molecule has 0 bridgehead atoms. The molecule has 1 amide bonds. The maximum Gasteiger partial charge on any atom is 0.259 e. The number of hydrogen-bond donors (Lipinski definition) is 1. The number of fused-ring (bicyclic) bond motifs is 1. The van der Waals surface area contributed by atoms with Gasteiger partial charge in [0.05, 0.1) is 16.6 Å². The van der Waals surface area contributed by atoms with Gasteiger partial charge in [0.25, 0.3) is 11.6 Å². The molecule has 1 saturated carbocycles. The second-order valence-corrected chi connectivity index (χ2v) is 8.39. The van der Waals surface area contributed by atoms with Gasteiger partial charge in [-0.3, -0.25) is 4.79 Å². The van der Waals surface area contributed by atoms with E-state index in [1.54, 1.807) is 0 Å². The molecule has 0 aliphatic heterocycles. The highest BCUT2D eigenvalue weighted by Crippen LogP contribution is 2.41. The van der Waals surface area contributed by atoms with Gasteiger partial charge in [0.2, 0.25) is 0 Å². The number of aromatic nitrogens is 2. The number of pyridine rings is 1. The first-order valence-corrected chi connectivity index (χ1v) is 10.1. The van der Waals surface area contributed by atoms with Crippen LogP contribution in [0.1, 0.15) is 91.2 Å². The van der Waals surface area contributed by atoms with Gasteiger partial charge in [-0.1, -0.05) is 51.1 Å². The van der Waals surface area contributed by atoms with Crippen LogP contribution in [0.5, 0.6) is 0 Å². The molecule has 0 atom stereocenters. The van der Waals surface area contributed by atoms with Gasteiger partial charge in [0.15, 0.2) is 0 Å². The molecule has 1 aliphatic rings. The van der Waals surface area contributed by atoms with E-state index in [1.807, 2.05) is 13.0 Å². The largest absolute Gasteiger partial charge is 0.336 e. The van der Waals surface area contributed by atoms with Crippen molar-refractivity contribution in [1.29, 1.82) is 0 Å². The van der Waals surface area contributed by atoms with Crippen LogP contribution >= 0.6 is 0 Å². The van der Waals surface area contributed by atoms with Crippen molar-refractivity contribution in [2.75, 3.05) is 5.32 Å². The highest BCUT2D eigenvalue weighted by molar-refractivity contribution is 6.13. The van der Waals surface area contributed by atoms with E-state index >= 15 is 0 Å². The number of nitrogens with one attached hydrogen (secondary N) is 1. The summed E-state index contributed by atoms with van der Waals surface area (Å²) in [6.45, 7) is 10.4. The van der Waals surface area contributed by atoms with E-state index in [4.69, 9.17) is 4.52 Å². The lowest BCUT2D eigenvalue weighted by Gasteiger charge is -2.20. The summed E-state index contributed by atoms with van der Waals surface area (Å²) < 4.78 is 5.39. The summed E-state index contributed by atoms with van der Waals surface area (Å²) in [5.74, 6) is 0.919. The Hall–Kier alpha value is -2.69. The van der Waals surface area contributed by atoms with E-state index in [1.165, 1.54) is 0 Å². The summed E-state index contributed by atoms with van der Waals surface area (Å²) in [7, 11) is 0. The van der Waals surface area contributed by atoms with Gasteiger partial charge in [-0.2, -0.15) is 0 Å². The standard InChI is InChI=1S/C23H27N3O2/c1-12(2)16-7-6-8-17(13(3)4)21(16)25-22(27)18-11-19(15-9-10-15)24-23-20(18)14(5)26-28-23/h6-8,11-13,15H,9-10H2,1-5H3,(H,25,27). The van der Waals surface area contributed by atoms with Crippen molar-refractivity contribution < 1.29 is 9.32 Å². The molecule has 28 heavy (non-hydrogen) atoms. The second-order valence-electron chi connectivity index (χ2n) is 8.39. The predicted molar refractivity (Wildman–Crippen MR) is 111 cm³/mol. The van der Waals surface area contributed by atoms with Crippen molar-refractivity contribution in [3.05, 3.63) is 52.3 Å².